The molecule has 0 saturated carbocycles. The molecule has 1 aromatic carbocycles. The number of amides is 1. The lowest BCUT2D eigenvalue weighted by atomic mass is 10.0. The quantitative estimate of drug-likeness (QED) is 0.680. The van der Waals surface area contributed by atoms with Crippen molar-refractivity contribution in [2.75, 3.05) is 31.1 Å². The van der Waals surface area contributed by atoms with Gasteiger partial charge in [0.1, 0.15) is 18.0 Å². The molecular weight excluding hydrogens is 484 g/mol. The van der Waals surface area contributed by atoms with Crippen LogP contribution in [0.1, 0.15) is 29.0 Å². The van der Waals surface area contributed by atoms with E-state index < -0.39 is 11.9 Å². The average Bonchev–Trinajstić information content (AvgIpc) is 3.11. The van der Waals surface area contributed by atoms with Crippen LogP contribution in [0.25, 0.3) is 0 Å². The van der Waals surface area contributed by atoms with Gasteiger partial charge in [-0.3, -0.25) is 4.79 Å². The van der Waals surface area contributed by atoms with Crippen LogP contribution in [0.15, 0.2) is 24.5 Å². The van der Waals surface area contributed by atoms with Crippen molar-refractivity contribution >= 4 is 59.9 Å². The third kappa shape index (κ3) is 5.54. The first-order valence-electron chi connectivity index (χ1n) is 9.62. The topological polar surface area (TPSA) is 75.4 Å². The van der Waals surface area contributed by atoms with Crippen LogP contribution in [-0.2, 0) is 17.0 Å². The monoisotopic (exact) mass is 507 g/mol. The lowest BCUT2D eigenvalue weighted by Gasteiger charge is -2.37. The summed E-state index contributed by atoms with van der Waals surface area (Å²) in [6.07, 6.45) is 1.91. The highest BCUT2D eigenvalue weighted by Crippen LogP contribution is 2.44. The van der Waals surface area contributed by atoms with Crippen molar-refractivity contribution in [3.63, 3.8) is 0 Å². The molecule has 2 atom stereocenters. The minimum atomic E-state index is -0.707. The second-order valence-corrected chi connectivity index (χ2v) is 9.12. The van der Waals surface area contributed by atoms with E-state index in [1.165, 1.54) is 17.7 Å². The molecule has 2 aliphatic rings. The number of anilines is 1. The maximum Gasteiger partial charge on any atom is 0.239 e. The van der Waals surface area contributed by atoms with Crippen LogP contribution in [0.3, 0.4) is 0 Å². The van der Waals surface area contributed by atoms with Crippen molar-refractivity contribution in [1.82, 2.24) is 14.9 Å². The van der Waals surface area contributed by atoms with Crippen molar-refractivity contribution in [1.29, 1.82) is 0 Å². The Morgan fingerprint density at radius 2 is 2.00 bits per heavy atom. The van der Waals surface area contributed by atoms with Crippen LogP contribution in [0.5, 0.6) is 0 Å². The van der Waals surface area contributed by atoms with Gasteiger partial charge in [-0.05, 0) is 31.0 Å². The van der Waals surface area contributed by atoms with Crippen LogP contribution in [0, 0.1) is 5.82 Å². The predicted octanol–water partition coefficient (Wildman–Crippen LogP) is 3.64. The van der Waals surface area contributed by atoms with Gasteiger partial charge in [-0.1, -0.05) is 17.7 Å². The fourth-order valence-electron chi connectivity index (χ4n) is 3.87. The van der Waals surface area contributed by atoms with E-state index in [0.29, 0.717) is 37.0 Å². The molecule has 2 aliphatic heterocycles. The van der Waals surface area contributed by atoms with Gasteiger partial charge in [-0.15, -0.1) is 36.6 Å². The largest absolute Gasteiger partial charge is 0.353 e. The van der Waals surface area contributed by atoms with Gasteiger partial charge in [0.05, 0.1) is 16.8 Å². The highest BCUT2D eigenvalue weighted by atomic mass is 35.5. The number of hydrogen-bond acceptors (Lipinski definition) is 6. The summed E-state index contributed by atoms with van der Waals surface area (Å²) in [6, 6.07) is 3.82. The number of hydrogen-bond donors (Lipinski definition) is 1. The Morgan fingerprint density at radius 3 is 2.68 bits per heavy atom. The van der Waals surface area contributed by atoms with Gasteiger partial charge in [0.2, 0.25) is 5.91 Å². The lowest BCUT2D eigenvalue weighted by Crippen LogP contribution is -2.54. The second-order valence-electron chi connectivity index (χ2n) is 7.38. The Hall–Kier alpha value is -1.32. The molecule has 3 heterocycles. The zero-order valence-electron chi connectivity index (χ0n) is 17.0. The van der Waals surface area contributed by atoms with E-state index in [1.807, 2.05) is 11.8 Å². The molecule has 0 radical (unpaired) electrons. The molecule has 2 unspecified atom stereocenters. The zero-order chi connectivity index (χ0) is 20.5. The van der Waals surface area contributed by atoms with E-state index in [2.05, 4.69) is 21.8 Å². The minimum Gasteiger partial charge on any atom is -0.353 e. The van der Waals surface area contributed by atoms with Gasteiger partial charge in [0.15, 0.2) is 0 Å². The molecule has 31 heavy (non-hydrogen) atoms. The smallest absolute Gasteiger partial charge is 0.239 e. The van der Waals surface area contributed by atoms with Gasteiger partial charge in [-0.2, -0.15) is 0 Å². The number of carbonyl (C=O) groups excluding carboxylic acids is 1. The van der Waals surface area contributed by atoms with Gasteiger partial charge in [0.25, 0.3) is 0 Å². The van der Waals surface area contributed by atoms with E-state index >= 15 is 0 Å². The number of piperazine rings is 1. The summed E-state index contributed by atoms with van der Waals surface area (Å²) in [5.74, 6) is 1.30. The number of nitrogens with two attached hydrogens (primary N) is 1. The summed E-state index contributed by atoms with van der Waals surface area (Å²) in [6.45, 7) is 4.76. The molecule has 4 rings (SSSR count). The first kappa shape index (κ1) is 25.9. The molecule has 1 saturated heterocycles. The number of thioether (sulfide) groups is 1. The first-order valence-corrected chi connectivity index (χ1v) is 11.1. The van der Waals surface area contributed by atoms with E-state index in [4.69, 9.17) is 17.3 Å². The van der Waals surface area contributed by atoms with Gasteiger partial charge in [0, 0.05) is 42.7 Å². The molecule has 11 heteroatoms. The van der Waals surface area contributed by atoms with E-state index in [-0.39, 0.29) is 42.2 Å². The maximum atomic E-state index is 13.6. The number of nitrogens with zero attached hydrogens (tertiary/aromatic N) is 4. The van der Waals surface area contributed by atoms with E-state index in [0.717, 1.165) is 17.3 Å². The van der Waals surface area contributed by atoms with Crippen molar-refractivity contribution in [3.05, 3.63) is 52.2 Å². The van der Waals surface area contributed by atoms with E-state index in [1.54, 1.807) is 17.3 Å². The summed E-state index contributed by atoms with van der Waals surface area (Å²) < 4.78 is 13.6. The van der Waals surface area contributed by atoms with Gasteiger partial charge >= 0.3 is 0 Å². The zero-order valence-corrected chi connectivity index (χ0v) is 20.2. The molecule has 1 amide bonds. The molecular formula is C20H25Cl3FN5OS. The Labute approximate surface area is 202 Å². The summed E-state index contributed by atoms with van der Waals surface area (Å²) >= 11 is 7.58. The molecule has 2 N–H and O–H groups in total. The van der Waals surface area contributed by atoms with Crippen molar-refractivity contribution in [2.45, 2.75) is 30.4 Å². The lowest BCUT2D eigenvalue weighted by molar-refractivity contribution is -0.132. The molecule has 0 spiro atoms. The standard InChI is InChI=1S/C20H23ClFN5OS.2ClH/c1-12-18-17(10-29-12)24-11-25-19(18)26-4-6-27(7-5-26)20(28)16(23)9-13-2-3-14(21)15(22)8-13;;/h2-3,8,11-12,16H,4-7,9-10,23H2,1H3;2*1H. The molecule has 1 aromatic heterocycles. The van der Waals surface area contributed by atoms with Gasteiger partial charge in [-0.25, -0.2) is 14.4 Å². The van der Waals surface area contributed by atoms with Crippen molar-refractivity contribution < 1.29 is 9.18 Å². The highest BCUT2D eigenvalue weighted by molar-refractivity contribution is 7.99. The van der Waals surface area contributed by atoms with Gasteiger partial charge < -0.3 is 15.5 Å². The molecule has 0 aliphatic carbocycles. The fourth-order valence-corrected chi connectivity index (χ4v) is 5.04. The predicted molar refractivity (Wildman–Crippen MR) is 128 cm³/mol. The Balaban J connectivity index is 0.00000171. The Morgan fingerprint density at radius 1 is 1.29 bits per heavy atom. The first-order chi connectivity index (χ1) is 13.9. The summed E-state index contributed by atoms with van der Waals surface area (Å²) in [5, 5.41) is 0.447. The van der Waals surface area contributed by atoms with Crippen molar-refractivity contribution in [2.24, 2.45) is 5.73 Å². The summed E-state index contributed by atoms with van der Waals surface area (Å²) in [5.41, 5.74) is 9.12. The fraction of sp³-hybridized carbons (Fsp3) is 0.450. The third-order valence-corrected chi connectivity index (χ3v) is 6.95. The van der Waals surface area contributed by atoms with Crippen LogP contribution in [0.2, 0.25) is 5.02 Å². The molecule has 1 fully saturated rings. The number of rotatable bonds is 4. The third-order valence-electron chi connectivity index (χ3n) is 5.47. The summed E-state index contributed by atoms with van der Waals surface area (Å²) in [7, 11) is 0. The van der Waals surface area contributed by atoms with Crippen molar-refractivity contribution in [3.8, 4) is 0 Å². The highest BCUT2D eigenvalue weighted by Gasteiger charge is 2.30. The SMILES string of the molecule is CC1SCc2ncnc(N3CCN(C(=O)C(N)Cc4ccc(Cl)c(F)c4)CC3)c21.Cl.Cl. The normalized spacial score (nSPS) is 18.6. The molecule has 6 nitrogen and oxygen atoms in total. The summed E-state index contributed by atoms with van der Waals surface area (Å²) in [4.78, 5) is 25.7. The average molecular weight is 509 g/mol. The number of carbonyl (C=O) groups is 1. The molecule has 0 bridgehead atoms. The number of benzene rings is 1. The second kappa shape index (κ2) is 11.0. The van der Waals surface area contributed by atoms with E-state index in [9.17, 15) is 9.18 Å². The molecule has 2 aromatic rings. The molecule has 170 valence electrons. The number of halogens is 4. The minimum absolute atomic E-state index is 0. The Bertz CT molecular complexity index is 930. The Kier molecular flexibility index (Phi) is 9.21. The van der Waals surface area contributed by atoms with Crippen LogP contribution < -0.4 is 10.6 Å². The maximum absolute atomic E-state index is 13.6. The van der Waals surface area contributed by atoms with Crippen LogP contribution in [-0.4, -0.2) is 53.0 Å². The van der Waals surface area contributed by atoms with Crippen LogP contribution >= 0.6 is 48.2 Å². The van der Waals surface area contributed by atoms with Crippen LogP contribution in [0.4, 0.5) is 10.2 Å². The number of fused-ring (bicyclic) bond motifs is 1. The number of aromatic nitrogens is 2.